The number of rotatable bonds is 4. The van der Waals surface area contributed by atoms with Crippen molar-refractivity contribution in [2.24, 2.45) is 11.7 Å². The van der Waals surface area contributed by atoms with Gasteiger partial charge in [0.05, 0.1) is 6.10 Å². The zero-order chi connectivity index (χ0) is 14.7. The highest BCUT2D eigenvalue weighted by molar-refractivity contribution is 5.85. The molecule has 0 aromatic carbocycles. The van der Waals surface area contributed by atoms with Crippen LogP contribution in [0.1, 0.15) is 39.5 Å². The SMILES string of the molecule is CC(O)CN1CCN(C(=O)C[C@@H]2CCC[C@H]2N)CC1C.Cl.Cl. The van der Waals surface area contributed by atoms with E-state index in [1.807, 2.05) is 11.8 Å². The number of β-amino-alcohol motifs (C(OH)–C–C–N with tert-alkyl or cyclic N) is 1. The molecule has 1 aliphatic heterocycles. The Kier molecular flexibility index (Phi) is 9.90. The van der Waals surface area contributed by atoms with Crippen molar-refractivity contribution < 1.29 is 9.90 Å². The molecule has 1 amide bonds. The number of carbonyl (C=O) groups excluding carboxylic acids is 1. The molecule has 2 rings (SSSR count). The van der Waals surface area contributed by atoms with Gasteiger partial charge < -0.3 is 15.7 Å². The summed E-state index contributed by atoms with van der Waals surface area (Å²) in [6, 6.07) is 0.535. The minimum absolute atomic E-state index is 0. The van der Waals surface area contributed by atoms with Gasteiger partial charge in [-0.15, -0.1) is 24.8 Å². The molecule has 0 aromatic rings. The Hall–Kier alpha value is -0.0700. The normalized spacial score (nSPS) is 30.4. The van der Waals surface area contributed by atoms with E-state index in [9.17, 15) is 9.90 Å². The van der Waals surface area contributed by atoms with Crippen molar-refractivity contribution in [3.63, 3.8) is 0 Å². The molecule has 2 aliphatic rings. The fourth-order valence-corrected chi connectivity index (χ4v) is 3.50. The molecule has 2 fully saturated rings. The molecule has 1 saturated heterocycles. The van der Waals surface area contributed by atoms with Gasteiger partial charge in [-0.3, -0.25) is 9.69 Å². The standard InChI is InChI=1S/C15H29N3O2.2ClH/c1-11-9-18(7-6-17(11)10-12(2)19)15(20)8-13-4-3-5-14(13)16;;/h11-14,19H,3-10,16H2,1-2H3;2*1H/t11?,12?,13-,14+;;/m0../s1. The van der Waals surface area contributed by atoms with E-state index >= 15 is 0 Å². The Morgan fingerprint density at radius 1 is 1.32 bits per heavy atom. The summed E-state index contributed by atoms with van der Waals surface area (Å²) in [5.41, 5.74) is 6.05. The van der Waals surface area contributed by atoms with Crippen molar-refractivity contribution in [3.8, 4) is 0 Å². The van der Waals surface area contributed by atoms with Gasteiger partial charge in [0.25, 0.3) is 0 Å². The fraction of sp³-hybridized carbons (Fsp3) is 0.933. The smallest absolute Gasteiger partial charge is 0.223 e. The summed E-state index contributed by atoms with van der Waals surface area (Å²) < 4.78 is 0. The van der Waals surface area contributed by atoms with Crippen LogP contribution in [0.5, 0.6) is 0 Å². The monoisotopic (exact) mass is 355 g/mol. The van der Waals surface area contributed by atoms with E-state index in [1.165, 1.54) is 0 Å². The third kappa shape index (κ3) is 5.85. The van der Waals surface area contributed by atoms with E-state index in [0.29, 0.717) is 24.9 Å². The van der Waals surface area contributed by atoms with Gasteiger partial charge in [0, 0.05) is 44.7 Å². The number of aliphatic hydroxyl groups excluding tert-OH is 1. The first kappa shape index (κ1) is 21.9. The summed E-state index contributed by atoms with van der Waals surface area (Å²) in [6.45, 7) is 7.03. The Balaban J connectivity index is 0.00000220. The number of nitrogens with two attached hydrogens (primary N) is 1. The minimum atomic E-state index is -0.309. The lowest BCUT2D eigenvalue weighted by Gasteiger charge is -2.40. The van der Waals surface area contributed by atoms with Crippen molar-refractivity contribution >= 4 is 30.7 Å². The second kappa shape index (κ2) is 9.93. The zero-order valence-corrected chi connectivity index (χ0v) is 15.2. The zero-order valence-electron chi connectivity index (χ0n) is 13.6. The first-order valence-electron chi connectivity index (χ1n) is 7.93. The number of carbonyl (C=O) groups is 1. The number of amides is 1. The van der Waals surface area contributed by atoms with Gasteiger partial charge in [-0.25, -0.2) is 0 Å². The maximum atomic E-state index is 12.4. The second-order valence-electron chi connectivity index (χ2n) is 6.59. The van der Waals surface area contributed by atoms with Crippen LogP contribution in [0.3, 0.4) is 0 Å². The average molecular weight is 356 g/mol. The van der Waals surface area contributed by atoms with Crippen molar-refractivity contribution in [2.45, 2.75) is 57.7 Å². The molecule has 7 heteroatoms. The summed E-state index contributed by atoms with van der Waals surface area (Å²) >= 11 is 0. The molecule has 1 saturated carbocycles. The van der Waals surface area contributed by atoms with Gasteiger partial charge in [-0.05, 0) is 32.6 Å². The van der Waals surface area contributed by atoms with E-state index < -0.39 is 0 Å². The number of hydrogen-bond acceptors (Lipinski definition) is 4. The van der Waals surface area contributed by atoms with Crippen molar-refractivity contribution in [2.75, 3.05) is 26.2 Å². The number of halogens is 2. The van der Waals surface area contributed by atoms with E-state index in [4.69, 9.17) is 5.73 Å². The van der Waals surface area contributed by atoms with Crippen LogP contribution in [0, 0.1) is 5.92 Å². The highest BCUT2D eigenvalue weighted by atomic mass is 35.5. The lowest BCUT2D eigenvalue weighted by molar-refractivity contribution is -0.135. The molecule has 3 N–H and O–H groups in total. The molecule has 22 heavy (non-hydrogen) atoms. The summed E-state index contributed by atoms with van der Waals surface area (Å²) in [5, 5.41) is 9.48. The quantitative estimate of drug-likeness (QED) is 0.796. The highest BCUT2D eigenvalue weighted by Crippen LogP contribution is 2.27. The molecule has 2 unspecified atom stereocenters. The van der Waals surface area contributed by atoms with E-state index in [2.05, 4.69) is 11.8 Å². The number of hydrogen-bond donors (Lipinski definition) is 2. The molecular formula is C15H31Cl2N3O2. The van der Waals surface area contributed by atoms with Crippen LogP contribution < -0.4 is 5.73 Å². The van der Waals surface area contributed by atoms with E-state index in [-0.39, 0.29) is 42.9 Å². The third-order valence-corrected chi connectivity index (χ3v) is 4.77. The molecule has 132 valence electrons. The van der Waals surface area contributed by atoms with Crippen molar-refractivity contribution in [1.82, 2.24) is 9.80 Å². The Morgan fingerprint density at radius 2 is 2.00 bits per heavy atom. The summed E-state index contributed by atoms with van der Waals surface area (Å²) in [4.78, 5) is 16.6. The topological polar surface area (TPSA) is 69.8 Å². The maximum Gasteiger partial charge on any atom is 0.223 e. The molecular weight excluding hydrogens is 325 g/mol. The summed E-state index contributed by atoms with van der Waals surface area (Å²) in [5.74, 6) is 0.643. The maximum absolute atomic E-state index is 12.4. The largest absolute Gasteiger partial charge is 0.392 e. The number of aliphatic hydroxyl groups is 1. The third-order valence-electron chi connectivity index (χ3n) is 4.77. The minimum Gasteiger partial charge on any atom is -0.392 e. The summed E-state index contributed by atoms with van der Waals surface area (Å²) in [6.07, 6.45) is 3.64. The number of nitrogens with zero attached hydrogens (tertiary/aromatic N) is 2. The molecule has 0 spiro atoms. The molecule has 0 aromatic heterocycles. The van der Waals surface area contributed by atoms with Gasteiger partial charge in [-0.2, -0.15) is 0 Å². The lowest BCUT2D eigenvalue weighted by Crippen LogP contribution is -2.55. The van der Waals surface area contributed by atoms with Crippen LogP contribution in [0.25, 0.3) is 0 Å². The van der Waals surface area contributed by atoms with Crippen molar-refractivity contribution in [3.05, 3.63) is 0 Å². The highest BCUT2D eigenvalue weighted by Gasteiger charge is 2.31. The molecule has 1 heterocycles. The van der Waals surface area contributed by atoms with Gasteiger partial charge in [0.2, 0.25) is 5.91 Å². The Bertz CT molecular complexity index is 345. The van der Waals surface area contributed by atoms with Crippen LogP contribution >= 0.6 is 24.8 Å². The van der Waals surface area contributed by atoms with Gasteiger partial charge in [-0.1, -0.05) is 6.42 Å². The van der Waals surface area contributed by atoms with Crippen molar-refractivity contribution in [1.29, 1.82) is 0 Å². The number of piperazine rings is 1. The molecule has 0 bridgehead atoms. The van der Waals surface area contributed by atoms with Crippen LogP contribution in [0.4, 0.5) is 0 Å². The first-order valence-corrected chi connectivity index (χ1v) is 7.93. The Labute approximate surface area is 146 Å². The first-order chi connectivity index (χ1) is 9.47. The van der Waals surface area contributed by atoms with Crippen LogP contribution in [0.15, 0.2) is 0 Å². The predicted molar refractivity (Wildman–Crippen MR) is 93.7 cm³/mol. The van der Waals surface area contributed by atoms with Gasteiger partial charge in [0.15, 0.2) is 0 Å². The van der Waals surface area contributed by atoms with Gasteiger partial charge >= 0.3 is 0 Å². The second-order valence-corrected chi connectivity index (χ2v) is 6.59. The van der Waals surface area contributed by atoms with Crippen LogP contribution in [0.2, 0.25) is 0 Å². The van der Waals surface area contributed by atoms with Crippen LogP contribution in [-0.2, 0) is 4.79 Å². The van der Waals surface area contributed by atoms with Gasteiger partial charge in [0.1, 0.15) is 0 Å². The Morgan fingerprint density at radius 3 is 2.50 bits per heavy atom. The molecule has 4 atom stereocenters. The molecule has 0 radical (unpaired) electrons. The van der Waals surface area contributed by atoms with Crippen LogP contribution in [-0.4, -0.2) is 65.2 Å². The molecule has 5 nitrogen and oxygen atoms in total. The predicted octanol–water partition coefficient (Wildman–Crippen LogP) is 1.26. The molecule has 1 aliphatic carbocycles. The summed E-state index contributed by atoms with van der Waals surface area (Å²) in [7, 11) is 0. The average Bonchev–Trinajstić information content (AvgIpc) is 2.77. The van der Waals surface area contributed by atoms with E-state index in [0.717, 1.165) is 38.9 Å². The van der Waals surface area contributed by atoms with E-state index in [1.54, 1.807) is 0 Å². The fourth-order valence-electron chi connectivity index (χ4n) is 3.50. The lowest BCUT2D eigenvalue weighted by atomic mass is 9.99.